The van der Waals surface area contributed by atoms with Gasteiger partial charge in [0.1, 0.15) is 0 Å². The van der Waals surface area contributed by atoms with Crippen LogP contribution in [0.25, 0.3) is 0 Å². The molecule has 1 aromatic carbocycles. The fourth-order valence-electron chi connectivity index (χ4n) is 2.75. The molecule has 2 amide bonds. The Labute approximate surface area is 155 Å². The second kappa shape index (κ2) is 7.48. The zero-order valence-electron chi connectivity index (χ0n) is 14.2. The minimum absolute atomic E-state index is 0.0810. The van der Waals surface area contributed by atoms with Crippen molar-refractivity contribution >= 4 is 40.5 Å². The minimum Gasteiger partial charge on any atom is -0.364 e. The van der Waals surface area contributed by atoms with E-state index in [1.165, 1.54) is 6.92 Å². The highest BCUT2D eigenvalue weighted by Crippen LogP contribution is 2.22. The molecule has 1 aliphatic heterocycles. The molecule has 0 aliphatic carbocycles. The summed E-state index contributed by atoms with van der Waals surface area (Å²) >= 11 is 5.47. The first-order valence-electron chi connectivity index (χ1n) is 8.07. The Morgan fingerprint density at radius 3 is 2.46 bits per heavy atom. The van der Waals surface area contributed by atoms with Crippen molar-refractivity contribution in [3.8, 4) is 0 Å². The molecule has 136 valence electrons. The van der Waals surface area contributed by atoms with Crippen LogP contribution in [-0.2, 0) is 4.79 Å². The fraction of sp³-hybridized carbons (Fsp3) is 0.312. The van der Waals surface area contributed by atoms with Crippen molar-refractivity contribution in [1.29, 1.82) is 0 Å². The lowest BCUT2D eigenvalue weighted by atomic mass is 10.3. The lowest BCUT2D eigenvalue weighted by Crippen LogP contribution is -2.33. The number of likely N-dealkylation sites (tertiary alicyclic amines) is 1. The second-order valence-electron chi connectivity index (χ2n) is 6.03. The van der Waals surface area contributed by atoms with E-state index in [2.05, 4.69) is 20.9 Å². The zero-order valence-corrected chi connectivity index (χ0v) is 15.0. The number of hydrogen-bond acceptors (Lipinski definition) is 5. The van der Waals surface area contributed by atoms with Crippen LogP contribution < -0.4 is 16.4 Å². The van der Waals surface area contributed by atoms with Crippen molar-refractivity contribution in [2.24, 2.45) is 5.73 Å². The largest absolute Gasteiger partial charge is 0.364 e. The summed E-state index contributed by atoms with van der Waals surface area (Å²) in [6, 6.07) is 7.39. The van der Waals surface area contributed by atoms with Gasteiger partial charge in [-0.2, -0.15) is 0 Å². The number of rotatable bonds is 4. The monoisotopic (exact) mass is 373 g/mol. The summed E-state index contributed by atoms with van der Waals surface area (Å²) in [7, 11) is 0. The Morgan fingerprint density at radius 2 is 1.88 bits per heavy atom. The molecule has 4 N–H and O–H groups in total. The summed E-state index contributed by atoms with van der Waals surface area (Å²) < 4.78 is 1.66. The third-order valence-electron chi connectivity index (χ3n) is 4.04. The highest BCUT2D eigenvalue weighted by atomic mass is 32.1. The summed E-state index contributed by atoms with van der Waals surface area (Å²) in [5, 5.41) is 14.2. The van der Waals surface area contributed by atoms with E-state index in [1.54, 1.807) is 23.0 Å². The number of carbonyl (C=O) groups is 2. The Balaban J connectivity index is 1.57. The van der Waals surface area contributed by atoms with Crippen LogP contribution in [0.3, 0.4) is 0 Å². The van der Waals surface area contributed by atoms with Crippen LogP contribution in [0.4, 0.5) is 11.4 Å². The SMILES string of the molecule is CC(=O)Nc1ccc(NC(=S)N2CCC(n3cc(C(N)=O)nn3)C2)cc1. The molecule has 2 aromatic rings. The van der Waals surface area contributed by atoms with Gasteiger partial charge in [-0.15, -0.1) is 5.10 Å². The number of nitrogens with two attached hydrogens (primary N) is 1. The topological polar surface area (TPSA) is 118 Å². The molecule has 0 saturated carbocycles. The van der Waals surface area contributed by atoms with Gasteiger partial charge in [-0.05, 0) is 42.9 Å². The van der Waals surface area contributed by atoms with E-state index >= 15 is 0 Å². The van der Waals surface area contributed by atoms with E-state index in [-0.39, 0.29) is 17.6 Å². The van der Waals surface area contributed by atoms with Gasteiger partial charge in [-0.25, -0.2) is 4.68 Å². The van der Waals surface area contributed by atoms with Crippen molar-refractivity contribution in [2.45, 2.75) is 19.4 Å². The number of amides is 2. The van der Waals surface area contributed by atoms with Crippen molar-refractivity contribution < 1.29 is 9.59 Å². The van der Waals surface area contributed by atoms with E-state index in [4.69, 9.17) is 18.0 Å². The van der Waals surface area contributed by atoms with Gasteiger partial charge in [0.25, 0.3) is 5.91 Å². The Morgan fingerprint density at radius 1 is 1.23 bits per heavy atom. The number of aromatic nitrogens is 3. The maximum absolute atomic E-state index is 11.1. The molecule has 0 bridgehead atoms. The van der Waals surface area contributed by atoms with E-state index < -0.39 is 5.91 Å². The standard InChI is InChI=1S/C16H19N7O2S/c1-10(24)18-11-2-4-12(5-3-11)19-16(26)22-7-6-13(8-22)23-9-14(15(17)25)20-21-23/h2-5,9,13H,6-8H2,1H3,(H2,17,25)(H,18,24)(H,19,26). The van der Waals surface area contributed by atoms with Crippen LogP contribution in [-0.4, -0.2) is 49.9 Å². The molecule has 1 saturated heterocycles. The van der Waals surface area contributed by atoms with Gasteiger partial charge in [-0.1, -0.05) is 5.21 Å². The predicted molar refractivity (Wildman–Crippen MR) is 101 cm³/mol. The molecule has 1 aromatic heterocycles. The first-order valence-corrected chi connectivity index (χ1v) is 8.48. The summed E-state index contributed by atoms with van der Waals surface area (Å²) in [6.45, 7) is 2.90. The third kappa shape index (κ3) is 4.14. The molecule has 1 unspecified atom stereocenters. The summed E-state index contributed by atoms with van der Waals surface area (Å²) in [5.74, 6) is -0.706. The molecule has 1 fully saturated rings. The van der Waals surface area contributed by atoms with Crippen molar-refractivity contribution in [1.82, 2.24) is 19.9 Å². The molecular formula is C16H19N7O2S. The first kappa shape index (κ1) is 17.8. The van der Waals surface area contributed by atoms with Crippen LogP contribution in [0.5, 0.6) is 0 Å². The average Bonchev–Trinajstić information content (AvgIpc) is 3.25. The Bertz CT molecular complexity index is 833. The molecule has 2 heterocycles. The number of hydrogen-bond donors (Lipinski definition) is 3. The van der Waals surface area contributed by atoms with Gasteiger partial charge < -0.3 is 21.3 Å². The van der Waals surface area contributed by atoms with Gasteiger partial charge in [0, 0.05) is 31.4 Å². The van der Waals surface area contributed by atoms with Gasteiger partial charge in [-0.3, -0.25) is 9.59 Å². The van der Waals surface area contributed by atoms with E-state index in [9.17, 15) is 9.59 Å². The number of carbonyl (C=O) groups excluding carboxylic acids is 2. The van der Waals surface area contributed by atoms with E-state index in [0.29, 0.717) is 11.7 Å². The summed E-state index contributed by atoms with van der Waals surface area (Å²) in [4.78, 5) is 24.2. The maximum Gasteiger partial charge on any atom is 0.270 e. The maximum atomic E-state index is 11.1. The molecule has 3 rings (SSSR count). The number of nitrogens with one attached hydrogen (secondary N) is 2. The van der Waals surface area contributed by atoms with Crippen molar-refractivity contribution in [2.75, 3.05) is 23.7 Å². The molecule has 0 radical (unpaired) electrons. The van der Waals surface area contributed by atoms with Crippen molar-refractivity contribution in [3.63, 3.8) is 0 Å². The van der Waals surface area contributed by atoms with E-state index in [1.807, 2.05) is 17.0 Å². The number of nitrogens with zero attached hydrogens (tertiary/aromatic N) is 4. The zero-order chi connectivity index (χ0) is 18.7. The smallest absolute Gasteiger partial charge is 0.270 e. The molecule has 1 aliphatic rings. The summed E-state index contributed by atoms with van der Waals surface area (Å²) in [6.07, 6.45) is 2.40. The van der Waals surface area contributed by atoms with Crippen LogP contribution in [0.2, 0.25) is 0 Å². The normalized spacial score (nSPS) is 16.3. The molecule has 1 atom stereocenters. The molecule has 10 heteroatoms. The summed E-state index contributed by atoms with van der Waals surface area (Å²) in [5.41, 5.74) is 6.93. The van der Waals surface area contributed by atoms with Crippen LogP contribution >= 0.6 is 12.2 Å². The van der Waals surface area contributed by atoms with Crippen LogP contribution in [0.1, 0.15) is 29.9 Å². The van der Waals surface area contributed by atoms with Gasteiger partial charge in [0.15, 0.2) is 10.8 Å². The molecule has 9 nitrogen and oxygen atoms in total. The Hall–Kier alpha value is -3.01. The third-order valence-corrected chi connectivity index (χ3v) is 4.40. The highest BCUT2D eigenvalue weighted by molar-refractivity contribution is 7.80. The van der Waals surface area contributed by atoms with E-state index in [0.717, 1.165) is 24.3 Å². The minimum atomic E-state index is -0.592. The molecular weight excluding hydrogens is 354 g/mol. The number of primary amides is 1. The first-order chi connectivity index (χ1) is 12.4. The average molecular weight is 373 g/mol. The lowest BCUT2D eigenvalue weighted by Gasteiger charge is -2.20. The quantitative estimate of drug-likeness (QED) is 0.684. The fourth-order valence-corrected chi connectivity index (χ4v) is 3.04. The van der Waals surface area contributed by atoms with Gasteiger partial charge >= 0.3 is 0 Å². The van der Waals surface area contributed by atoms with Gasteiger partial charge in [0.2, 0.25) is 5.91 Å². The van der Waals surface area contributed by atoms with Gasteiger partial charge in [0.05, 0.1) is 12.2 Å². The second-order valence-corrected chi connectivity index (χ2v) is 6.41. The molecule has 0 spiro atoms. The number of anilines is 2. The van der Waals surface area contributed by atoms with Crippen molar-refractivity contribution in [3.05, 3.63) is 36.2 Å². The predicted octanol–water partition coefficient (Wildman–Crippen LogP) is 0.979. The number of thiocarbonyl (C=S) groups is 1. The number of benzene rings is 1. The van der Waals surface area contributed by atoms with Crippen LogP contribution in [0, 0.1) is 0 Å². The lowest BCUT2D eigenvalue weighted by molar-refractivity contribution is -0.114. The molecule has 26 heavy (non-hydrogen) atoms. The Kier molecular flexibility index (Phi) is 5.12. The highest BCUT2D eigenvalue weighted by Gasteiger charge is 2.27. The van der Waals surface area contributed by atoms with Crippen LogP contribution in [0.15, 0.2) is 30.5 Å².